The van der Waals surface area contributed by atoms with E-state index >= 15 is 0 Å². The molecule has 0 aliphatic carbocycles. The van der Waals surface area contributed by atoms with Gasteiger partial charge in [0.25, 0.3) is 5.91 Å². The van der Waals surface area contributed by atoms with Crippen LogP contribution >= 0.6 is 0 Å². The van der Waals surface area contributed by atoms with Crippen LogP contribution in [0.4, 0.5) is 0 Å². The summed E-state index contributed by atoms with van der Waals surface area (Å²) in [5.74, 6) is 2.51. The highest BCUT2D eigenvalue weighted by Gasteiger charge is 2.10. The van der Waals surface area contributed by atoms with Crippen LogP contribution < -0.4 is 5.32 Å². The fourth-order valence-electron chi connectivity index (χ4n) is 2.14. The van der Waals surface area contributed by atoms with Crippen LogP contribution in [-0.2, 0) is 13.0 Å². The minimum atomic E-state index is -0.159. The van der Waals surface area contributed by atoms with Crippen molar-refractivity contribution in [2.75, 3.05) is 0 Å². The van der Waals surface area contributed by atoms with Crippen LogP contribution in [0.5, 0.6) is 0 Å². The Hall–Kier alpha value is -2.89. The first kappa shape index (κ1) is 15.0. The van der Waals surface area contributed by atoms with Gasteiger partial charge < -0.3 is 14.3 Å². The number of nitrogens with one attached hydrogen (secondary N) is 1. The van der Waals surface area contributed by atoms with Gasteiger partial charge in [0.1, 0.15) is 11.5 Å². The maximum absolute atomic E-state index is 12.1. The molecule has 0 fully saturated rings. The van der Waals surface area contributed by atoms with E-state index in [4.69, 9.17) is 8.94 Å². The number of benzene rings is 1. The Morgan fingerprint density at radius 1 is 1.17 bits per heavy atom. The Balaban J connectivity index is 1.65. The molecule has 0 bridgehead atoms. The van der Waals surface area contributed by atoms with Gasteiger partial charge in [0, 0.05) is 17.5 Å². The van der Waals surface area contributed by atoms with E-state index in [1.54, 1.807) is 24.3 Å². The number of rotatable bonds is 5. The summed E-state index contributed by atoms with van der Waals surface area (Å²) in [7, 11) is 0. The molecule has 0 saturated heterocycles. The van der Waals surface area contributed by atoms with Crippen LogP contribution in [0.3, 0.4) is 0 Å². The van der Waals surface area contributed by atoms with E-state index in [1.165, 1.54) is 0 Å². The third-order valence-corrected chi connectivity index (χ3v) is 3.40. The number of hydrogen-bond donors (Lipinski definition) is 1. The molecule has 2 heterocycles. The monoisotopic (exact) mass is 311 g/mol. The lowest BCUT2D eigenvalue weighted by Gasteiger charge is -2.04. The maximum atomic E-state index is 12.1. The SMILES string of the molecule is CCc1nc(-c2ccc(C(=O)NCc3ccc(C)o3)cc2)no1. The summed E-state index contributed by atoms with van der Waals surface area (Å²) in [6.45, 7) is 4.18. The van der Waals surface area contributed by atoms with Crippen LogP contribution in [-0.4, -0.2) is 16.0 Å². The summed E-state index contributed by atoms with van der Waals surface area (Å²) < 4.78 is 10.5. The standard InChI is InChI=1S/C17H17N3O3/c1-3-15-19-16(20-23-15)12-5-7-13(8-6-12)17(21)18-10-14-9-4-11(2)22-14/h4-9H,3,10H2,1-2H3,(H,18,21). The van der Waals surface area contributed by atoms with Gasteiger partial charge in [-0.15, -0.1) is 0 Å². The lowest BCUT2D eigenvalue weighted by atomic mass is 10.1. The fourth-order valence-corrected chi connectivity index (χ4v) is 2.14. The Morgan fingerprint density at radius 2 is 1.96 bits per heavy atom. The molecular weight excluding hydrogens is 294 g/mol. The van der Waals surface area contributed by atoms with Crippen molar-refractivity contribution in [1.29, 1.82) is 0 Å². The second kappa shape index (κ2) is 6.48. The second-order valence-corrected chi connectivity index (χ2v) is 5.14. The van der Waals surface area contributed by atoms with Gasteiger partial charge in [-0.3, -0.25) is 4.79 Å². The first-order valence-corrected chi connectivity index (χ1v) is 7.42. The summed E-state index contributed by atoms with van der Waals surface area (Å²) in [4.78, 5) is 16.4. The van der Waals surface area contributed by atoms with Gasteiger partial charge in [-0.25, -0.2) is 0 Å². The zero-order chi connectivity index (χ0) is 16.2. The number of nitrogens with zero attached hydrogens (tertiary/aromatic N) is 2. The molecule has 0 atom stereocenters. The van der Waals surface area contributed by atoms with Crippen LogP contribution in [0.15, 0.2) is 45.3 Å². The largest absolute Gasteiger partial charge is 0.465 e. The molecule has 3 aromatic rings. The lowest BCUT2D eigenvalue weighted by molar-refractivity contribution is 0.0948. The summed E-state index contributed by atoms with van der Waals surface area (Å²) in [5, 5.41) is 6.73. The van der Waals surface area contributed by atoms with Gasteiger partial charge in [0.2, 0.25) is 11.7 Å². The van der Waals surface area contributed by atoms with Crippen molar-refractivity contribution in [3.05, 3.63) is 59.4 Å². The molecule has 1 aromatic carbocycles. The van der Waals surface area contributed by atoms with Crippen molar-refractivity contribution in [1.82, 2.24) is 15.5 Å². The Kier molecular flexibility index (Phi) is 4.23. The number of aromatic nitrogens is 2. The molecule has 23 heavy (non-hydrogen) atoms. The zero-order valence-corrected chi connectivity index (χ0v) is 13.0. The van der Waals surface area contributed by atoms with Crippen LogP contribution in [0.1, 0.15) is 34.7 Å². The number of amides is 1. The average Bonchev–Trinajstić information content (AvgIpc) is 3.21. The average molecular weight is 311 g/mol. The van der Waals surface area contributed by atoms with Gasteiger partial charge in [-0.1, -0.05) is 24.2 Å². The van der Waals surface area contributed by atoms with E-state index in [0.717, 1.165) is 17.1 Å². The molecule has 0 aliphatic rings. The number of furan rings is 1. The molecule has 0 unspecified atom stereocenters. The number of aryl methyl sites for hydroxylation is 2. The fraction of sp³-hybridized carbons (Fsp3) is 0.235. The predicted octanol–water partition coefficient (Wildman–Crippen LogP) is 3.13. The topological polar surface area (TPSA) is 81.2 Å². The van der Waals surface area contributed by atoms with Crippen molar-refractivity contribution in [2.45, 2.75) is 26.8 Å². The van der Waals surface area contributed by atoms with Gasteiger partial charge >= 0.3 is 0 Å². The Bertz CT molecular complexity index is 803. The van der Waals surface area contributed by atoms with E-state index < -0.39 is 0 Å². The highest BCUT2D eigenvalue weighted by Crippen LogP contribution is 2.17. The minimum absolute atomic E-state index is 0.159. The van der Waals surface area contributed by atoms with Crippen molar-refractivity contribution in [2.24, 2.45) is 0 Å². The van der Waals surface area contributed by atoms with E-state index in [-0.39, 0.29) is 5.91 Å². The normalized spacial score (nSPS) is 10.7. The smallest absolute Gasteiger partial charge is 0.251 e. The van der Waals surface area contributed by atoms with E-state index in [2.05, 4.69) is 15.5 Å². The van der Waals surface area contributed by atoms with Crippen molar-refractivity contribution < 1.29 is 13.7 Å². The molecule has 0 aliphatic heterocycles. The van der Waals surface area contributed by atoms with Gasteiger partial charge in [0.05, 0.1) is 6.54 Å². The highest BCUT2D eigenvalue weighted by molar-refractivity contribution is 5.94. The van der Waals surface area contributed by atoms with Crippen molar-refractivity contribution in [3.8, 4) is 11.4 Å². The number of carbonyl (C=O) groups is 1. The quantitative estimate of drug-likeness (QED) is 0.783. The number of hydrogen-bond acceptors (Lipinski definition) is 5. The molecule has 0 saturated carbocycles. The molecule has 0 radical (unpaired) electrons. The summed E-state index contributed by atoms with van der Waals surface area (Å²) >= 11 is 0. The third-order valence-electron chi connectivity index (χ3n) is 3.40. The molecular formula is C17H17N3O3. The molecule has 6 heteroatoms. The highest BCUT2D eigenvalue weighted by atomic mass is 16.5. The summed E-state index contributed by atoms with van der Waals surface area (Å²) in [5.41, 5.74) is 1.38. The lowest BCUT2D eigenvalue weighted by Crippen LogP contribution is -2.22. The van der Waals surface area contributed by atoms with E-state index in [0.29, 0.717) is 30.2 Å². The third kappa shape index (κ3) is 3.48. The van der Waals surface area contributed by atoms with Gasteiger partial charge in [-0.05, 0) is 31.2 Å². The predicted molar refractivity (Wildman–Crippen MR) is 83.7 cm³/mol. The Labute approximate surface area is 133 Å². The van der Waals surface area contributed by atoms with Crippen LogP contribution in [0, 0.1) is 6.92 Å². The van der Waals surface area contributed by atoms with E-state index in [1.807, 2.05) is 26.0 Å². The van der Waals surface area contributed by atoms with E-state index in [9.17, 15) is 4.79 Å². The zero-order valence-electron chi connectivity index (χ0n) is 13.0. The molecule has 6 nitrogen and oxygen atoms in total. The summed E-state index contributed by atoms with van der Waals surface area (Å²) in [6.07, 6.45) is 0.694. The van der Waals surface area contributed by atoms with Crippen molar-refractivity contribution in [3.63, 3.8) is 0 Å². The van der Waals surface area contributed by atoms with Crippen LogP contribution in [0.2, 0.25) is 0 Å². The molecule has 0 spiro atoms. The van der Waals surface area contributed by atoms with Crippen molar-refractivity contribution >= 4 is 5.91 Å². The minimum Gasteiger partial charge on any atom is -0.465 e. The number of carbonyl (C=O) groups excluding carboxylic acids is 1. The van der Waals surface area contributed by atoms with Crippen LogP contribution in [0.25, 0.3) is 11.4 Å². The molecule has 2 aromatic heterocycles. The van der Waals surface area contributed by atoms with Gasteiger partial charge in [-0.2, -0.15) is 4.98 Å². The maximum Gasteiger partial charge on any atom is 0.251 e. The first-order chi connectivity index (χ1) is 11.2. The molecule has 1 amide bonds. The molecule has 3 rings (SSSR count). The Morgan fingerprint density at radius 3 is 2.57 bits per heavy atom. The van der Waals surface area contributed by atoms with Gasteiger partial charge in [0.15, 0.2) is 0 Å². The summed E-state index contributed by atoms with van der Waals surface area (Å²) in [6, 6.07) is 10.8. The first-order valence-electron chi connectivity index (χ1n) is 7.42. The molecule has 1 N–H and O–H groups in total. The second-order valence-electron chi connectivity index (χ2n) is 5.14. The molecule has 118 valence electrons.